The second-order valence-electron chi connectivity index (χ2n) is 36.9. The van der Waals surface area contributed by atoms with Gasteiger partial charge in [0.15, 0.2) is 0 Å². The van der Waals surface area contributed by atoms with Crippen molar-refractivity contribution in [1.82, 2.24) is 0 Å². The molecule has 0 radical (unpaired) electrons. The molecule has 14 saturated heterocycles. The summed E-state index contributed by atoms with van der Waals surface area (Å²) in [7, 11) is 2.72. The van der Waals surface area contributed by atoms with Gasteiger partial charge in [0, 0.05) is 52.3 Å². The van der Waals surface area contributed by atoms with Crippen molar-refractivity contribution in [3.63, 3.8) is 0 Å². The van der Waals surface area contributed by atoms with Gasteiger partial charge in [0.2, 0.25) is 0 Å². The average Bonchev–Trinajstić information content (AvgIpc) is 1.54. The number of hydrogen-bond acceptors (Lipinski definition) is 23. The molecule has 0 aromatic carbocycles. The molecule has 14 aliphatic heterocycles. The third kappa shape index (κ3) is 9.32. The highest BCUT2D eigenvalue weighted by Gasteiger charge is 2.73. The van der Waals surface area contributed by atoms with Gasteiger partial charge < -0.3 is 61.6 Å². The number of rotatable bonds is 2. The van der Waals surface area contributed by atoms with Crippen LogP contribution >= 0.6 is 0 Å². The summed E-state index contributed by atoms with van der Waals surface area (Å²) in [6.07, 6.45) is 13.4. The normalized spacial score (nSPS) is 55.5. The topological polar surface area (TPSA) is 291 Å². The predicted octanol–water partition coefficient (Wildman–Crippen LogP) is 7.38. The minimum Gasteiger partial charge on any atom is -0.469 e. The van der Waals surface area contributed by atoms with Crippen molar-refractivity contribution >= 4 is 59.7 Å². The van der Waals surface area contributed by atoms with E-state index in [-0.39, 0.29) is 208 Å². The molecule has 24 fully saturated rings. The van der Waals surface area contributed by atoms with Gasteiger partial charge in [-0.05, 0) is 130 Å². The van der Waals surface area contributed by atoms with Crippen LogP contribution in [0, 0.1) is 164 Å². The minimum absolute atomic E-state index is 0.0220. The second-order valence-corrected chi connectivity index (χ2v) is 36.9. The van der Waals surface area contributed by atoms with E-state index in [2.05, 4.69) is 76.2 Å². The summed E-state index contributed by atoms with van der Waals surface area (Å²) in [5, 5.41) is 0. The number of hydrogen-bond donors (Lipinski definition) is 0. The summed E-state index contributed by atoms with van der Waals surface area (Å²) in [4.78, 5) is 114. The van der Waals surface area contributed by atoms with Gasteiger partial charge in [-0.2, -0.15) is 0 Å². The van der Waals surface area contributed by atoms with E-state index in [1.807, 2.05) is 6.92 Å². The summed E-state index contributed by atoms with van der Waals surface area (Å²) in [5.74, 6) is 6.37. The van der Waals surface area contributed by atoms with Crippen LogP contribution in [0.4, 0.5) is 0 Å². The molecule has 0 spiro atoms. The highest BCUT2D eigenvalue weighted by atomic mass is 16.6. The van der Waals surface area contributed by atoms with Crippen LogP contribution in [0.5, 0.6) is 0 Å². The molecule has 0 amide bonds. The molecule has 14 heterocycles. The van der Waals surface area contributed by atoms with Crippen LogP contribution < -0.4 is 0 Å². The quantitative estimate of drug-likeness (QED) is 0.192. The first kappa shape index (κ1) is 67.7. The van der Waals surface area contributed by atoms with Crippen LogP contribution in [0.3, 0.4) is 0 Å². The number of ether oxygens (including phenoxy) is 13. The number of methoxy groups -OCH3 is 2. The van der Waals surface area contributed by atoms with E-state index in [1.165, 1.54) is 39.9 Å². The minimum atomic E-state index is -0.471. The lowest BCUT2D eigenvalue weighted by Crippen LogP contribution is -2.41. The molecule has 100 heavy (non-hydrogen) atoms. The van der Waals surface area contributed by atoms with Crippen molar-refractivity contribution in [2.75, 3.05) is 14.2 Å². The van der Waals surface area contributed by atoms with Crippen molar-refractivity contribution in [2.24, 2.45) is 164 Å². The van der Waals surface area contributed by atoms with Gasteiger partial charge in [-0.1, -0.05) is 76.2 Å². The summed E-state index contributed by atoms with van der Waals surface area (Å²) < 4.78 is 68.9. The van der Waals surface area contributed by atoms with E-state index in [1.54, 1.807) is 0 Å². The Morgan fingerprint density at radius 2 is 1.00 bits per heavy atom. The van der Waals surface area contributed by atoms with Gasteiger partial charge in [0.1, 0.15) is 73.1 Å². The smallest absolute Gasteiger partial charge is 0.313 e. The number of esters is 10. The lowest BCUT2D eigenvalue weighted by molar-refractivity contribution is -0.153. The van der Waals surface area contributed by atoms with Crippen LogP contribution in [0.25, 0.3) is 0 Å². The number of carbonyl (C=O) groups excluding carboxylic acids is 10. The Balaban J connectivity index is 0.0000000856. The summed E-state index contributed by atoms with van der Waals surface area (Å²) in [5.41, 5.74) is 0.584. The molecule has 0 aromatic heterocycles. The highest BCUT2D eigenvalue weighted by molar-refractivity contribution is 5.87. The zero-order valence-electron chi connectivity index (χ0n) is 60.1. The van der Waals surface area contributed by atoms with E-state index in [9.17, 15) is 47.9 Å². The van der Waals surface area contributed by atoms with Crippen LogP contribution in [0.2, 0.25) is 0 Å². The van der Waals surface area contributed by atoms with E-state index in [0.29, 0.717) is 70.9 Å². The Kier molecular flexibility index (Phi) is 15.6. The lowest BCUT2D eigenvalue weighted by Gasteiger charge is -2.32. The second kappa shape index (κ2) is 23.0. The molecule has 40 unspecified atom stereocenters. The fourth-order valence-electron chi connectivity index (χ4n) is 26.2. The molecule has 10 aliphatic carbocycles. The number of fused-ring (bicyclic) bond motifs is 8. The SMILES string of the molecule is CC1(C)C2CC3C(=O)OC1C3C2.CC1(C)C2CC3C(=O)OC1C3O2.CC1C2CC3C(=O)OC1C3O2.CC1C2CC3OC(=O)C1(C)C3C2.CC1C2CC3OC(=O)C1C3C2.CC1C2OC(=O)C3CC1(C)CC32.COC(=O)C1C2CC3C(OC(=O)C31)C2C.COC(=O)C1C2OC3C(OC(=O)C31)C2C. The zero-order valence-corrected chi connectivity index (χ0v) is 60.1. The third-order valence-electron chi connectivity index (χ3n) is 32.4. The molecule has 23 heteroatoms. The fourth-order valence-corrected chi connectivity index (χ4v) is 26.2. The Hall–Kier alpha value is -5.42. The van der Waals surface area contributed by atoms with Gasteiger partial charge in [0.25, 0.3) is 0 Å². The Bertz CT molecular complexity index is 3360. The maximum absolute atomic E-state index is 11.7. The van der Waals surface area contributed by atoms with E-state index in [4.69, 9.17) is 61.6 Å². The molecule has 24 rings (SSSR count). The molecule has 10 saturated carbocycles. The van der Waals surface area contributed by atoms with Crippen LogP contribution in [0.15, 0.2) is 0 Å². The molecular formula is C77H102O23. The van der Waals surface area contributed by atoms with Crippen LogP contribution in [0.1, 0.15) is 154 Å². The van der Waals surface area contributed by atoms with Gasteiger partial charge in [-0.3, -0.25) is 47.9 Å². The lowest BCUT2D eigenvalue weighted by atomic mass is 9.69. The number of carbonyl (C=O) groups is 10. The van der Waals surface area contributed by atoms with Crippen molar-refractivity contribution in [1.29, 1.82) is 0 Å². The summed E-state index contributed by atoms with van der Waals surface area (Å²) in [6.45, 7) is 25.9. The predicted molar refractivity (Wildman–Crippen MR) is 341 cm³/mol. The first-order chi connectivity index (χ1) is 47.3. The van der Waals surface area contributed by atoms with Crippen molar-refractivity contribution < 1.29 is 110 Å². The van der Waals surface area contributed by atoms with Crippen molar-refractivity contribution in [2.45, 2.75) is 239 Å². The molecule has 23 nitrogen and oxygen atoms in total. The maximum Gasteiger partial charge on any atom is 0.313 e. The fraction of sp³-hybridized carbons (Fsp3) is 0.870. The first-order valence-corrected chi connectivity index (χ1v) is 38.1. The summed E-state index contributed by atoms with van der Waals surface area (Å²) >= 11 is 0. The highest BCUT2D eigenvalue weighted by Crippen LogP contribution is 2.68. The average molecular weight is 1400 g/mol. The van der Waals surface area contributed by atoms with Gasteiger partial charge in [0.05, 0.1) is 85.3 Å². The van der Waals surface area contributed by atoms with Gasteiger partial charge in [-0.15, -0.1) is 0 Å². The molecule has 16 bridgehead atoms. The van der Waals surface area contributed by atoms with Crippen LogP contribution in [-0.4, -0.2) is 159 Å². The Morgan fingerprint density at radius 3 is 1.62 bits per heavy atom. The van der Waals surface area contributed by atoms with Crippen LogP contribution in [-0.2, 0) is 110 Å². The molecule has 548 valence electrons. The van der Waals surface area contributed by atoms with E-state index < -0.39 is 11.8 Å². The van der Waals surface area contributed by atoms with Crippen molar-refractivity contribution in [3.8, 4) is 0 Å². The standard InChI is InChI=1S/C11H14O4.C10H12O5.3C10H14O2.C9H12O3.C9H12O2.C8H10O3/c1-4-5-3-6-8(7(5)10(12)14-2)11(13)15-9(4)6;1-3-6-4(9(11)13-2)5-8(14-6)7(3)15-10(5)12;1-10(2)5-3-6-7(4-5)9(11)12-8(6)10;1-5-8-6-3-10(5,2)4-7(6)9(11)12-8;1-5-6-3-7-8(4-6)12-9(11)10(5,7)2;1-9(2)5-3-4-6(11-5)7(9)12-8(4)10;1-4-5-2-6-7(3-5)11-9(10)8(4)6;1-3-5-2-4-7(10-5)6(3)11-8(4)9/h4-9H,3H2,1-2H3;3-8H,1-2H3;3*5-8H,3-4H2,1-2H3;4-7H,3H2,1-2H3;4-8H,2-3H2,1H3;3-7H,2H2,1H3. The molecule has 0 aromatic rings. The Labute approximate surface area is 583 Å². The molecule has 0 N–H and O–H groups in total. The third-order valence-corrected chi connectivity index (χ3v) is 32.4. The first-order valence-electron chi connectivity index (χ1n) is 38.1. The van der Waals surface area contributed by atoms with E-state index >= 15 is 0 Å². The molecule has 24 aliphatic rings. The van der Waals surface area contributed by atoms with E-state index in [0.717, 1.165) is 62.7 Å². The monoisotopic (exact) mass is 1390 g/mol. The largest absolute Gasteiger partial charge is 0.469 e. The zero-order chi connectivity index (χ0) is 70.7. The molecule has 40 atom stereocenters. The Morgan fingerprint density at radius 1 is 0.380 bits per heavy atom. The maximum atomic E-state index is 11.7. The van der Waals surface area contributed by atoms with Gasteiger partial charge in [-0.25, -0.2) is 0 Å². The summed E-state index contributed by atoms with van der Waals surface area (Å²) in [6, 6.07) is 0. The van der Waals surface area contributed by atoms with Crippen molar-refractivity contribution in [3.05, 3.63) is 0 Å². The van der Waals surface area contributed by atoms with Gasteiger partial charge >= 0.3 is 59.7 Å². The molecular weight excluding hydrogens is 1290 g/mol.